The number of nitrogens with one attached hydrogen (secondary N) is 2. The Hall–Kier alpha value is -2.01. The molecule has 0 aliphatic rings. The maximum absolute atomic E-state index is 12.6. The summed E-state index contributed by atoms with van der Waals surface area (Å²) in [6.45, 7) is 3.76. The van der Waals surface area contributed by atoms with E-state index in [2.05, 4.69) is 34.9 Å². The van der Waals surface area contributed by atoms with Gasteiger partial charge in [0.05, 0.1) is 6.04 Å². The van der Waals surface area contributed by atoms with Gasteiger partial charge in [0.2, 0.25) is 11.8 Å². The molecule has 2 rings (SSSR count). The van der Waals surface area contributed by atoms with Gasteiger partial charge in [-0.05, 0) is 47.8 Å². The van der Waals surface area contributed by atoms with Crippen molar-refractivity contribution in [2.24, 2.45) is 0 Å². The summed E-state index contributed by atoms with van der Waals surface area (Å²) in [4.78, 5) is 24.3. The van der Waals surface area contributed by atoms with Crippen LogP contribution in [0.25, 0.3) is 10.8 Å². The minimum atomic E-state index is -0.484. The highest BCUT2D eigenvalue weighted by Crippen LogP contribution is 2.20. The van der Waals surface area contributed by atoms with Crippen LogP contribution in [0.1, 0.15) is 38.3 Å². The Kier molecular flexibility index (Phi) is 7.31. The lowest BCUT2D eigenvalue weighted by molar-refractivity contribution is -0.129. The Labute approximate surface area is 153 Å². The number of thioether (sulfide) groups is 1. The van der Waals surface area contributed by atoms with Crippen LogP contribution in [-0.2, 0) is 9.59 Å². The normalized spacial score (nSPS) is 13.2. The van der Waals surface area contributed by atoms with Gasteiger partial charge in [0.1, 0.15) is 6.04 Å². The van der Waals surface area contributed by atoms with Gasteiger partial charge < -0.3 is 10.6 Å². The molecule has 0 spiro atoms. The summed E-state index contributed by atoms with van der Waals surface area (Å²) in [5, 5.41) is 8.19. The van der Waals surface area contributed by atoms with Gasteiger partial charge in [0, 0.05) is 6.42 Å². The molecule has 0 radical (unpaired) electrons. The molecule has 0 bridgehead atoms. The third-order valence-electron chi connectivity index (χ3n) is 4.22. The lowest BCUT2D eigenvalue weighted by Crippen LogP contribution is -2.47. The summed E-state index contributed by atoms with van der Waals surface area (Å²) >= 11 is 1.67. The summed E-state index contributed by atoms with van der Waals surface area (Å²) in [7, 11) is 0. The zero-order valence-electron chi connectivity index (χ0n) is 15.0. The Balaban J connectivity index is 2.07. The number of hydrogen-bond donors (Lipinski definition) is 2. The van der Waals surface area contributed by atoms with E-state index in [0.29, 0.717) is 12.8 Å². The highest BCUT2D eigenvalue weighted by molar-refractivity contribution is 7.98. The van der Waals surface area contributed by atoms with Gasteiger partial charge in [-0.3, -0.25) is 9.59 Å². The molecule has 25 heavy (non-hydrogen) atoms. The van der Waals surface area contributed by atoms with E-state index in [-0.39, 0.29) is 17.9 Å². The van der Waals surface area contributed by atoms with Gasteiger partial charge in [-0.1, -0.05) is 43.3 Å². The summed E-state index contributed by atoms with van der Waals surface area (Å²) in [5.74, 6) is 0.600. The summed E-state index contributed by atoms with van der Waals surface area (Å²) < 4.78 is 0. The van der Waals surface area contributed by atoms with E-state index in [1.165, 1.54) is 5.39 Å². The van der Waals surface area contributed by atoms with Crippen molar-refractivity contribution in [2.75, 3.05) is 12.0 Å². The van der Waals surface area contributed by atoms with Gasteiger partial charge in [0.15, 0.2) is 0 Å². The first-order chi connectivity index (χ1) is 12.0. The lowest BCUT2D eigenvalue weighted by Gasteiger charge is -2.21. The Bertz CT molecular complexity index is 732. The highest BCUT2D eigenvalue weighted by atomic mass is 32.2. The van der Waals surface area contributed by atoms with Crippen LogP contribution < -0.4 is 10.6 Å². The maximum Gasteiger partial charge on any atom is 0.243 e. The summed E-state index contributed by atoms with van der Waals surface area (Å²) in [6, 6.07) is 13.8. The first-order valence-electron chi connectivity index (χ1n) is 8.62. The van der Waals surface area contributed by atoms with E-state index in [4.69, 9.17) is 0 Å². The van der Waals surface area contributed by atoms with Crippen LogP contribution in [0.15, 0.2) is 42.5 Å². The predicted octanol–water partition coefficient (Wildman–Crippen LogP) is 3.66. The van der Waals surface area contributed by atoms with Crippen molar-refractivity contribution in [2.45, 2.75) is 38.8 Å². The van der Waals surface area contributed by atoms with E-state index < -0.39 is 6.04 Å². The average molecular weight is 359 g/mol. The molecule has 2 amide bonds. The van der Waals surface area contributed by atoms with Gasteiger partial charge in [0.25, 0.3) is 0 Å². The zero-order valence-corrected chi connectivity index (χ0v) is 15.9. The van der Waals surface area contributed by atoms with Crippen LogP contribution in [0.3, 0.4) is 0 Å². The average Bonchev–Trinajstić information content (AvgIpc) is 2.64. The van der Waals surface area contributed by atoms with Gasteiger partial charge in [-0.2, -0.15) is 11.8 Å². The van der Waals surface area contributed by atoms with Crippen molar-refractivity contribution in [3.8, 4) is 0 Å². The smallest absolute Gasteiger partial charge is 0.243 e. The topological polar surface area (TPSA) is 58.2 Å². The highest BCUT2D eigenvalue weighted by Gasteiger charge is 2.21. The van der Waals surface area contributed by atoms with Crippen LogP contribution in [0.4, 0.5) is 0 Å². The molecule has 2 N–H and O–H groups in total. The van der Waals surface area contributed by atoms with Crippen molar-refractivity contribution in [1.82, 2.24) is 10.6 Å². The number of benzene rings is 2. The molecule has 2 aromatic rings. The standard InChI is InChI=1S/C20H26N2O2S/c1-4-19(23)22-18(11-12-25-3)20(24)21-14(2)16-10-9-15-7-5-6-8-17(15)13-16/h5-10,13-14,18H,4,11-12H2,1-3H3,(H,21,24)(H,22,23)/t14-,18+/m0/s1. The monoisotopic (exact) mass is 358 g/mol. The van der Waals surface area contributed by atoms with E-state index in [1.54, 1.807) is 18.7 Å². The van der Waals surface area contributed by atoms with Gasteiger partial charge >= 0.3 is 0 Å². The quantitative estimate of drug-likeness (QED) is 0.757. The molecule has 0 aliphatic heterocycles. The predicted molar refractivity (Wildman–Crippen MR) is 106 cm³/mol. The summed E-state index contributed by atoms with van der Waals surface area (Å²) in [5.41, 5.74) is 1.05. The van der Waals surface area contributed by atoms with Gasteiger partial charge in [-0.25, -0.2) is 0 Å². The molecule has 4 nitrogen and oxygen atoms in total. The second-order valence-corrected chi connectivity index (χ2v) is 7.08. The number of amides is 2. The van der Waals surface area contributed by atoms with Crippen molar-refractivity contribution in [3.63, 3.8) is 0 Å². The number of hydrogen-bond acceptors (Lipinski definition) is 3. The van der Waals surface area contributed by atoms with E-state index in [1.807, 2.05) is 31.4 Å². The SMILES string of the molecule is CCC(=O)N[C@H](CCSC)C(=O)N[C@@H](C)c1ccc2ccccc2c1. The van der Waals surface area contributed by atoms with Crippen LogP contribution in [0.2, 0.25) is 0 Å². The first kappa shape index (κ1) is 19.3. The van der Waals surface area contributed by atoms with Crippen LogP contribution in [0.5, 0.6) is 0 Å². The molecule has 0 aromatic heterocycles. The van der Waals surface area contributed by atoms with E-state index in [9.17, 15) is 9.59 Å². The summed E-state index contributed by atoms with van der Waals surface area (Å²) in [6.07, 6.45) is 3.00. The fourth-order valence-corrected chi connectivity index (χ4v) is 3.15. The lowest BCUT2D eigenvalue weighted by atomic mass is 10.0. The third kappa shape index (κ3) is 5.49. The second-order valence-electron chi connectivity index (χ2n) is 6.09. The Morgan fingerprint density at radius 2 is 1.80 bits per heavy atom. The Morgan fingerprint density at radius 3 is 2.48 bits per heavy atom. The number of fused-ring (bicyclic) bond motifs is 1. The number of carbonyl (C=O) groups excluding carboxylic acids is 2. The van der Waals surface area contributed by atoms with Crippen LogP contribution >= 0.6 is 11.8 Å². The van der Waals surface area contributed by atoms with Gasteiger partial charge in [-0.15, -0.1) is 0 Å². The third-order valence-corrected chi connectivity index (χ3v) is 4.86. The molecule has 0 aliphatic carbocycles. The molecule has 0 heterocycles. The molecular formula is C20H26N2O2S. The second kappa shape index (κ2) is 9.47. The van der Waals surface area contributed by atoms with Crippen LogP contribution in [0, 0.1) is 0 Å². The molecule has 2 aromatic carbocycles. The maximum atomic E-state index is 12.6. The van der Waals surface area contributed by atoms with E-state index >= 15 is 0 Å². The molecular weight excluding hydrogens is 332 g/mol. The molecule has 5 heteroatoms. The van der Waals surface area contributed by atoms with Crippen molar-refractivity contribution in [3.05, 3.63) is 48.0 Å². The van der Waals surface area contributed by atoms with Crippen molar-refractivity contribution >= 4 is 34.3 Å². The fourth-order valence-electron chi connectivity index (χ4n) is 2.68. The number of carbonyl (C=O) groups is 2. The first-order valence-corrected chi connectivity index (χ1v) is 10.0. The zero-order chi connectivity index (χ0) is 18.2. The minimum absolute atomic E-state index is 0.0976. The molecule has 0 fully saturated rings. The van der Waals surface area contributed by atoms with Crippen LogP contribution in [-0.4, -0.2) is 29.9 Å². The van der Waals surface area contributed by atoms with E-state index in [0.717, 1.165) is 16.7 Å². The fraction of sp³-hybridized carbons (Fsp3) is 0.400. The Morgan fingerprint density at radius 1 is 1.08 bits per heavy atom. The molecule has 134 valence electrons. The minimum Gasteiger partial charge on any atom is -0.348 e. The number of rotatable bonds is 8. The molecule has 0 unspecified atom stereocenters. The molecule has 0 saturated heterocycles. The largest absolute Gasteiger partial charge is 0.348 e. The molecule has 2 atom stereocenters. The molecule has 0 saturated carbocycles. The van der Waals surface area contributed by atoms with Crippen molar-refractivity contribution in [1.29, 1.82) is 0 Å². The van der Waals surface area contributed by atoms with Crippen molar-refractivity contribution < 1.29 is 9.59 Å².